The zero-order valence-electron chi connectivity index (χ0n) is 10.5. The maximum atomic E-state index is 13.1. The van der Waals surface area contributed by atoms with E-state index < -0.39 is 10.2 Å². The third-order valence-corrected chi connectivity index (χ3v) is 4.17. The van der Waals surface area contributed by atoms with Gasteiger partial charge >= 0.3 is 0 Å². The van der Waals surface area contributed by atoms with E-state index in [2.05, 4.69) is 0 Å². The Balaban J connectivity index is 2.14. The predicted octanol–water partition coefficient (Wildman–Crippen LogP) is 0.160. The maximum absolute atomic E-state index is 13.1. The van der Waals surface area contributed by atoms with Crippen molar-refractivity contribution in [1.82, 2.24) is 4.31 Å². The first-order valence-corrected chi connectivity index (χ1v) is 7.28. The van der Waals surface area contributed by atoms with Gasteiger partial charge in [-0.15, -0.1) is 0 Å². The largest absolute Gasteiger partial charge is 0.494 e. The molecule has 0 unspecified atom stereocenters. The molecule has 1 aromatic rings. The molecule has 19 heavy (non-hydrogen) atoms. The van der Waals surface area contributed by atoms with Crippen molar-refractivity contribution in [1.29, 1.82) is 0 Å². The van der Waals surface area contributed by atoms with E-state index >= 15 is 0 Å². The molecule has 1 saturated heterocycles. The summed E-state index contributed by atoms with van der Waals surface area (Å²) in [6, 6.07) is 4.28. The van der Waals surface area contributed by atoms with Crippen LogP contribution in [-0.4, -0.2) is 46.0 Å². The molecule has 106 valence electrons. The quantitative estimate of drug-likeness (QED) is 0.860. The lowest BCUT2D eigenvalue weighted by Gasteiger charge is -2.35. The van der Waals surface area contributed by atoms with E-state index in [9.17, 15) is 12.8 Å². The molecule has 1 heterocycles. The van der Waals surface area contributed by atoms with Crippen molar-refractivity contribution in [2.45, 2.75) is 0 Å². The van der Waals surface area contributed by atoms with E-state index in [0.717, 1.165) is 5.69 Å². The van der Waals surface area contributed by atoms with Crippen LogP contribution in [0.2, 0.25) is 0 Å². The van der Waals surface area contributed by atoms with Crippen molar-refractivity contribution < 1.29 is 17.5 Å². The highest BCUT2D eigenvalue weighted by Gasteiger charge is 2.25. The van der Waals surface area contributed by atoms with Gasteiger partial charge in [-0.05, 0) is 12.1 Å². The van der Waals surface area contributed by atoms with Crippen LogP contribution in [0.5, 0.6) is 5.75 Å². The van der Waals surface area contributed by atoms with E-state index in [4.69, 9.17) is 9.88 Å². The topological polar surface area (TPSA) is 75.9 Å². The van der Waals surface area contributed by atoms with Gasteiger partial charge in [0.1, 0.15) is 11.6 Å². The molecule has 1 aliphatic heterocycles. The minimum absolute atomic E-state index is 0.305. The lowest BCUT2D eigenvalue weighted by molar-refractivity contribution is 0.378. The van der Waals surface area contributed by atoms with Crippen LogP contribution in [0.15, 0.2) is 18.2 Å². The lowest BCUT2D eigenvalue weighted by atomic mass is 10.2. The van der Waals surface area contributed by atoms with E-state index in [1.807, 2.05) is 4.90 Å². The molecule has 0 aromatic heterocycles. The first-order valence-electron chi connectivity index (χ1n) is 5.78. The van der Waals surface area contributed by atoms with Crippen molar-refractivity contribution in [3.63, 3.8) is 0 Å². The van der Waals surface area contributed by atoms with Crippen LogP contribution < -0.4 is 14.8 Å². The number of benzene rings is 1. The molecule has 0 amide bonds. The highest BCUT2D eigenvalue weighted by molar-refractivity contribution is 7.86. The summed E-state index contributed by atoms with van der Waals surface area (Å²) in [7, 11) is -2.17. The Bertz CT molecular complexity index is 556. The Hall–Kier alpha value is -1.38. The van der Waals surface area contributed by atoms with Crippen molar-refractivity contribution >= 4 is 15.9 Å². The fraction of sp³-hybridized carbons (Fsp3) is 0.455. The van der Waals surface area contributed by atoms with E-state index in [-0.39, 0.29) is 5.82 Å². The summed E-state index contributed by atoms with van der Waals surface area (Å²) < 4.78 is 41.9. The molecule has 0 aliphatic carbocycles. The lowest BCUT2D eigenvalue weighted by Crippen LogP contribution is -2.50. The molecular formula is C11H16FN3O3S. The van der Waals surface area contributed by atoms with Gasteiger partial charge in [0, 0.05) is 32.2 Å². The molecule has 0 radical (unpaired) electrons. The Morgan fingerprint density at radius 3 is 2.42 bits per heavy atom. The summed E-state index contributed by atoms with van der Waals surface area (Å²) >= 11 is 0. The van der Waals surface area contributed by atoms with E-state index in [0.29, 0.717) is 31.9 Å². The molecule has 2 rings (SSSR count). The summed E-state index contributed by atoms with van der Waals surface area (Å²) in [4.78, 5) is 1.94. The second-order valence-corrected chi connectivity index (χ2v) is 5.79. The van der Waals surface area contributed by atoms with Crippen LogP contribution in [0.25, 0.3) is 0 Å². The summed E-state index contributed by atoms with van der Waals surface area (Å²) in [6.07, 6.45) is 0. The van der Waals surface area contributed by atoms with Crippen molar-refractivity contribution in [2.75, 3.05) is 38.2 Å². The van der Waals surface area contributed by atoms with Crippen molar-refractivity contribution in [2.24, 2.45) is 5.14 Å². The number of halogens is 1. The minimum atomic E-state index is -3.64. The molecule has 6 nitrogen and oxygen atoms in total. The Kier molecular flexibility index (Phi) is 3.93. The number of anilines is 1. The zero-order chi connectivity index (χ0) is 14.0. The average Bonchev–Trinajstić information content (AvgIpc) is 2.37. The molecule has 2 N–H and O–H groups in total. The number of hydrogen-bond donors (Lipinski definition) is 1. The number of methoxy groups -OCH3 is 1. The highest BCUT2D eigenvalue weighted by atomic mass is 32.2. The van der Waals surface area contributed by atoms with E-state index in [1.165, 1.54) is 23.5 Å². The molecule has 0 spiro atoms. The molecular weight excluding hydrogens is 273 g/mol. The van der Waals surface area contributed by atoms with Crippen molar-refractivity contribution in [3.05, 3.63) is 24.0 Å². The molecule has 8 heteroatoms. The first-order chi connectivity index (χ1) is 8.91. The van der Waals surface area contributed by atoms with Gasteiger partial charge in [-0.25, -0.2) is 9.53 Å². The molecule has 0 atom stereocenters. The minimum Gasteiger partial charge on any atom is -0.494 e. The summed E-state index contributed by atoms with van der Waals surface area (Å²) in [5.74, 6) is 0.0628. The normalized spacial score (nSPS) is 17.5. The second-order valence-electron chi connectivity index (χ2n) is 4.25. The van der Waals surface area contributed by atoms with Gasteiger partial charge < -0.3 is 9.64 Å². The summed E-state index contributed by atoms with van der Waals surface area (Å²) in [5.41, 5.74) is 0.748. The van der Waals surface area contributed by atoms with Crippen LogP contribution >= 0.6 is 0 Å². The molecule has 0 bridgehead atoms. The number of nitrogens with two attached hydrogens (primary N) is 1. The van der Waals surface area contributed by atoms with Crippen LogP contribution in [0.1, 0.15) is 0 Å². The first kappa shape index (κ1) is 14.0. The van der Waals surface area contributed by atoms with Gasteiger partial charge in [-0.2, -0.15) is 12.7 Å². The molecule has 1 aliphatic rings. The third-order valence-electron chi connectivity index (χ3n) is 3.08. The maximum Gasteiger partial charge on any atom is 0.277 e. The van der Waals surface area contributed by atoms with Gasteiger partial charge in [0.25, 0.3) is 10.2 Å². The predicted molar refractivity (Wildman–Crippen MR) is 69.8 cm³/mol. The number of hydrogen-bond acceptors (Lipinski definition) is 4. The average molecular weight is 289 g/mol. The van der Waals surface area contributed by atoms with Gasteiger partial charge in [0.15, 0.2) is 0 Å². The van der Waals surface area contributed by atoms with Crippen LogP contribution in [0.3, 0.4) is 0 Å². The fourth-order valence-electron chi connectivity index (χ4n) is 2.10. The number of piperazine rings is 1. The van der Waals surface area contributed by atoms with Crippen molar-refractivity contribution in [3.8, 4) is 5.75 Å². The van der Waals surface area contributed by atoms with Crippen LogP contribution in [0.4, 0.5) is 10.1 Å². The Morgan fingerprint density at radius 1 is 1.26 bits per heavy atom. The number of rotatable bonds is 3. The zero-order valence-corrected chi connectivity index (χ0v) is 11.4. The molecule has 1 aromatic carbocycles. The highest BCUT2D eigenvalue weighted by Crippen LogP contribution is 2.29. The smallest absolute Gasteiger partial charge is 0.277 e. The third kappa shape index (κ3) is 3.14. The number of ether oxygens (including phenoxy) is 1. The fourth-order valence-corrected chi connectivity index (χ4v) is 2.77. The van der Waals surface area contributed by atoms with Gasteiger partial charge in [0.05, 0.1) is 12.8 Å². The Morgan fingerprint density at radius 2 is 1.89 bits per heavy atom. The Labute approximate surface area is 111 Å². The monoisotopic (exact) mass is 289 g/mol. The van der Waals surface area contributed by atoms with Gasteiger partial charge in [0.2, 0.25) is 0 Å². The van der Waals surface area contributed by atoms with Crippen LogP contribution in [0, 0.1) is 5.82 Å². The second kappa shape index (κ2) is 5.32. The standard InChI is InChI=1S/C11H16FN3O3S/c1-18-11-8-9(12)2-3-10(11)14-4-6-15(7-5-14)19(13,16)17/h2-3,8H,4-7H2,1H3,(H2,13,16,17). The molecule has 1 fully saturated rings. The van der Waals surface area contributed by atoms with Gasteiger partial charge in [-0.3, -0.25) is 0 Å². The SMILES string of the molecule is COc1cc(F)ccc1N1CCN(S(N)(=O)=O)CC1. The summed E-state index contributed by atoms with van der Waals surface area (Å²) in [6.45, 7) is 1.58. The van der Waals surface area contributed by atoms with E-state index in [1.54, 1.807) is 6.07 Å². The van der Waals surface area contributed by atoms with Crippen LogP contribution in [-0.2, 0) is 10.2 Å². The molecule has 0 saturated carbocycles. The number of nitrogens with zero attached hydrogens (tertiary/aromatic N) is 2. The summed E-state index contributed by atoms with van der Waals surface area (Å²) in [5, 5.41) is 5.08. The van der Waals surface area contributed by atoms with Gasteiger partial charge in [-0.1, -0.05) is 0 Å².